The van der Waals surface area contributed by atoms with Crippen LogP contribution in [0.3, 0.4) is 0 Å². The first-order valence-corrected chi connectivity index (χ1v) is 9.89. The maximum atomic E-state index is 8.98. The molecular weight excluding hydrogens is 252 g/mol. The predicted octanol–water partition coefficient (Wildman–Crippen LogP) is 4.90. The molecule has 3 heteroatoms. The maximum absolute atomic E-state index is 8.98. The van der Waals surface area contributed by atoms with Gasteiger partial charge in [-0.3, -0.25) is 0 Å². The minimum absolute atomic E-state index is 0.143. The normalized spacial score (nSPS) is 13.9. The third kappa shape index (κ3) is 5.05. The van der Waals surface area contributed by atoms with Gasteiger partial charge in [0.05, 0.1) is 6.61 Å². The molecule has 114 valence electrons. The lowest BCUT2D eigenvalue weighted by atomic mass is 10.1. The van der Waals surface area contributed by atoms with Gasteiger partial charge >= 0.3 is 0 Å². The zero-order valence-corrected chi connectivity index (χ0v) is 15.0. The molecule has 0 aliphatic heterocycles. The van der Waals surface area contributed by atoms with Crippen LogP contribution in [0.25, 0.3) is 0 Å². The van der Waals surface area contributed by atoms with Gasteiger partial charge in [0.1, 0.15) is 0 Å². The van der Waals surface area contributed by atoms with Gasteiger partial charge in [0, 0.05) is 6.61 Å². The molecule has 0 atom stereocenters. The van der Waals surface area contributed by atoms with Gasteiger partial charge in [0.25, 0.3) is 0 Å². The second-order valence-corrected chi connectivity index (χ2v) is 11.8. The summed E-state index contributed by atoms with van der Waals surface area (Å²) in [6.07, 6.45) is 3.88. The molecule has 2 nitrogen and oxygen atoms in total. The molecule has 0 aromatic carbocycles. The van der Waals surface area contributed by atoms with Crippen LogP contribution in [0.1, 0.15) is 61.3 Å². The Morgan fingerprint density at radius 1 is 1.05 bits per heavy atom. The van der Waals surface area contributed by atoms with E-state index in [0.717, 1.165) is 19.4 Å². The second-order valence-electron chi connectivity index (χ2n) is 6.31. The van der Waals surface area contributed by atoms with Crippen molar-refractivity contribution >= 4 is 8.32 Å². The summed E-state index contributed by atoms with van der Waals surface area (Å²) in [7, 11) is -1.72. The van der Waals surface area contributed by atoms with E-state index in [0.29, 0.717) is 16.6 Å². The van der Waals surface area contributed by atoms with Gasteiger partial charge < -0.3 is 9.53 Å². The Morgan fingerprint density at radius 2 is 1.53 bits per heavy atom. The topological polar surface area (TPSA) is 29.5 Å². The van der Waals surface area contributed by atoms with Gasteiger partial charge in [0.15, 0.2) is 8.32 Å². The van der Waals surface area contributed by atoms with Crippen LogP contribution in [0.15, 0.2) is 11.6 Å². The molecule has 0 saturated heterocycles. The lowest BCUT2D eigenvalue weighted by molar-refractivity contribution is 0.279. The quantitative estimate of drug-likeness (QED) is 0.482. The van der Waals surface area contributed by atoms with Gasteiger partial charge in [-0.15, -0.1) is 0 Å². The van der Waals surface area contributed by atoms with Gasteiger partial charge in [-0.25, -0.2) is 0 Å². The molecule has 0 heterocycles. The van der Waals surface area contributed by atoms with E-state index in [1.807, 2.05) is 6.08 Å². The first-order valence-electron chi connectivity index (χ1n) is 7.75. The first-order chi connectivity index (χ1) is 8.82. The summed E-state index contributed by atoms with van der Waals surface area (Å²) >= 11 is 0. The minimum atomic E-state index is -1.72. The van der Waals surface area contributed by atoms with Crippen LogP contribution in [0.5, 0.6) is 0 Å². The van der Waals surface area contributed by atoms with Gasteiger partial charge in [-0.05, 0) is 29.5 Å². The summed E-state index contributed by atoms with van der Waals surface area (Å²) in [5.41, 5.74) is 3.22. The van der Waals surface area contributed by atoms with E-state index in [2.05, 4.69) is 48.5 Å². The highest BCUT2D eigenvalue weighted by molar-refractivity contribution is 6.77. The molecule has 0 radical (unpaired) electrons. The molecule has 0 amide bonds. The SMILES string of the molecule is CC/C(=C\CO)CCO[Si](C(C)C)(C(C)C)C(C)C. The van der Waals surface area contributed by atoms with E-state index in [4.69, 9.17) is 9.53 Å². The molecule has 0 aromatic rings. The Kier molecular flexibility index (Phi) is 8.87. The smallest absolute Gasteiger partial charge is 0.200 e. The van der Waals surface area contributed by atoms with Crippen molar-refractivity contribution in [2.75, 3.05) is 13.2 Å². The van der Waals surface area contributed by atoms with E-state index < -0.39 is 8.32 Å². The second kappa shape index (κ2) is 8.93. The van der Waals surface area contributed by atoms with Crippen molar-refractivity contribution < 1.29 is 9.53 Å². The molecule has 0 saturated carbocycles. The molecule has 0 unspecified atom stereocenters. The standard InChI is InChI=1S/C16H34O2Si/c1-8-16(9-11-17)10-12-18-19(13(2)3,14(4)5)15(6)7/h9,13-15,17H,8,10-12H2,1-7H3/b16-9+. The molecule has 0 aliphatic carbocycles. The molecule has 0 fully saturated rings. The van der Waals surface area contributed by atoms with Crippen LogP contribution >= 0.6 is 0 Å². The van der Waals surface area contributed by atoms with Crippen molar-refractivity contribution in [1.29, 1.82) is 0 Å². The molecule has 0 spiro atoms. The van der Waals surface area contributed by atoms with Crippen molar-refractivity contribution in [2.45, 2.75) is 77.9 Å². The van der Waals surface area contributed by atoms with Crippen LogP contribution < -0.4 is 0 Å². The minimum Gasteiger partial charge on any atom is -0.416 e. The van der Waals surface area contributed by atoms with E-state index in [1.165, 1.54) is 5.57 Å². The molecule has 19 heavy (non-hydrogen) atoms. The first kappa shape index (κ1) is 18.9. The summed E-state index contributed by atoms with van der Waals surface area (Å²) in [4.78, 5) is 0. The molecule has 0 rings (SSSR count). The Hall–Kier alpha value is -0.123. The third-order valence-electron chi connectivity index (χ3n) is 4.32. The van der Waals surface area contributed by atoms with Gasteiger partial charge in [-0.2, -0.15) is 0 Å². The predicted molar refractivity (Wildman–Crippen MR) is 87.1 cm³/mol. The fraction of sp³-hybridized carbons (Fsp3) is 0.875. The van der Waals surface area contributed by atoms with E-state index in [-0.39, 0.29) is 6.61 Å². The molecular formula is C16H34O2Si. The number of hydrogen-bond donors (Lipinski definition) is 1. The Labute approximate surface area is 121 Å². The van der Waals surface area contributed by atoms with Crippen molar-refractivity contribution in [1.82, 2.24) is 0 Å². The number of aliphatic hydroxyl groups excluding tert-OH is 1. The summed E-state index contributed by atoms with van der Waals surface area (Å²) in [6, 6.07) is 0. The zero-order chi connectivity index (χ0) is 15.1. The van der Waals surface area contributed by atoms with Crippen LogP contribution in [0.4, 0.5) is 0 Å². The van der Waals surface area contributed by atoms with Crippen LogP contribution in [0, 0.1) is 0 Å². The van der Waals surface area contributed by atoms with Crippen molar-refractivity contribution in [2.24, 2.45) is 0 Å². The lowest BCUT2D eigenvalue weighted by Crippen LogP contribution is -2.48. The summed E-state index contributed by atoms with van der Waals surface area (Å²) in [5.74, 6) is 0. The van der Waals surface area contributed by atoms with Crippen molar-refractivity contribution in [3.63, 3.8) is 0 Å². The highest BCUT2D eigenvalue weighted by atomic mass is 28.4. The third-order valence-corrected chi connectivity index (χ3v) is 10.4. The van der Waals surface area contributed by atoms with Crippen molar-refractivity contribution in [3.8, 4) is 0 Å². The Balaban J connectivity index is 4.73. The average Bonchev–Trinajstić information content (AvgIpc) is 2.31. The van der Waals surface area contributed by atoms with Crippen LogP contribution in [-0.2, 0) is 4.43 Å². The average molecular weight is 287 g/mol. The van der Waals surface area contributed by atoms with E-state index >= 15 is 0 Å². The maximum Gasteiger partial charge on any atom is 0.200 e. The monoisotopic (exact) mass is 286 g/mol. The van der Waals surface area contributed by atoms with Gasteiger partial charge in [0.2, 0.25) is 0 Å². The number of hydrogen-bond acceptors (Lipinski definition) is 2. The summed E-state index contributed by atoms with van der Waals surface area (Å²) < 4.78 is 6.51. The molecule has 0 aromatic heterocycles. The molecule has 0 aliphatic rings. The number of rotatable bonds is 9. The summed E-state index contributed by atoms with van der Waals surface area (Å²) in [5, 5.41) is 8.98. The van der Waals surface area contributed by atoms with Crippen LogP contribution in [-0.4, -0.2) is 26.6 Å². The van der Waals surface area contributed by atoms with Crippen LogP contribution in [0.2, 0.25) is 16.6 Å². The number of aliphatic hydroxyl groups is 1. The molecule has 0 bridgehead atoms. The van der Waals surface area contributed by atoms with E-state index in [1.54, 1.807) is 0 Å². The Bertz CT molecular complexity index is 248. The fourth-order valence-corrected chi connectivity index (χ4v) is 8.87. The van der Waals surface area contributed by atoms with Crippen molar-refractivity contribution in [3.05, 3.63) is 11.6 Å². The highest BCUT2D eigenvalue weighted by Gasteiger charge is 2.44. The summed E-state index contributed by atoms with van der Waals surface area (Å²) in [6.45, 7) is 17.0. The highest BCUT2D eigenvalue weighted by Crippen LogP contribution is 2.42. The molecule has 1 N–H and O–H groups in total. The largest absolute Gasteiger partial charge is 0.416 e. The van der Waals surface area contributed by atoms with Gasteiger partial charge in [-0.1, -0.05) is 60.1 Å². The lowest BCUT2D eigenvalue weighted by Gasteiger charge is -2.42. The fourth-order valence-electron chi connectivity index (χ4n) is 3.41. The van der Waals surface area contributed by atoms with E-state index in [9.17, 15) is 0 Å². The zero-order valence-electron chi connectivity index (χ0n) is 14.0. The Morgan fingerprint density at radius 3 is 1.84 bits per heavy atom.